The van der Waals surface area contributed by atoms with E-state index in [0.717, 1.165) is 29.9 Å². The fourth-order valence-corrected chi connectivity index (χ4v) is 4.47. The first-order valence-corrected chi connectivity index (χ1v) is 9.90. The summed E-state index contributed by atoms with van der Waals surface area (Å²) in [5, 5.41) is 12.1. The molecule has 1 aliphatic heterocycles. The Hall–Kier alpha value is -1.48. The van der Waals surface area contributed by atoms with Crippen molar-refractivity contribution >= 4 is 33.4 Å². The van der Waals surface area contributed by atoms with Gasteiger partial charge in [-0.2, -0.15) is 10.2 Å². The standard InChI is InChI=1S/C14H23N5O2S2/c1-4-6-15-14(22)17-16-8-13-10(2)18-19(11(13)3)12-5-7-23(20,21)9-12/h8,12H,4-7,9H2,1-3H3,(H2,15,17,22)/b16-8-/t12-/m1/s1. The van der Waals surface area contributed by atoms with Gasteiger partial charge in [0.15, 0.2) is 14.9 Å². The van der Waals surface area contributed by atoms with Crippen molar-refractivity contribution in [3.8, 4) is 0 Å². The second kappa shape index (κ2) is 7.39. The van der Waals surface area contributed by atoms with Gasteiger partial charge in [0.25, 0.3) is 0 Å². The normalized spacial score (nSPS) is 20.0. The highest BCUT2D eigenvalue weighted by molar-refractivity contribution is 7.91. The van der Waals surface area contributed by atoms with E-state index >= 15 is 0 Å². The van der Waals surface area contributed by atoms with Crippen molar-refractivity contribution < 1.29 is 8.42 Å². The molecular weight excluding hydrogens is 334 g/mol. The smallest absolute Gasteiger partial charge is 0.186 e. The fraction of sp³-hybridized carbons (Fsp3) is 0.643. The van der Waals surface area contributed by atoms with E-state index in [1.807, 2.05) is 18.5 Å². The molecule has 1 aromatic rings. The number of nitrogens with one attached hydrogen (secondary N) is 2. The summed E-state index contributed by atoms with van der Waals surface area (Å²) in [6.07, 6.45) is 3.28. The first-order valence-electron chi connectivity index (χ1n) is 7.67. The van der Waals surface area contributed by atoms with E-state index in [1.165, 1.54) is 0 Å². The van der Waals surface area contributed by atoms with Crippen molar-refractivity contribution in [3.05, 3.63) is 17.0 Å². The molecule has 0 spiro atoms. The van der Waals surface area contributed by atoms with Gasteiger partial charge in [-0.25, -0.2) is 8.42 Å². The average Bonchev–Trinajstić information content (AvgIpc) is 2.98. The van der Waals surface area contributed by atoms with Crippen LogP contribution in [0.1, 0.15) is 42.8 Å². The van der Waals surface area contributed by atoms with Crippen molar-refractivity contribution in [2.24, 2.45) is 5.10 Å². The minimum Gasteiger partial charge on any atom is -0.361 e. The largest absolute Gasteiger partial charge is 0.361 e. The van der Waals surface area contributed by atoms with Crippen molar-refractivity contribution in [1.29, 1.82) is 0 Å². The molecule has 2 rings (SSSR count). The van der Waals surface area contributed by atoms with Crippen LogP contribution in [0.4, 0.5) is 0 Å². The Morgan fingerprint density at radius 2 is 2.26 bits per heavy atom. The number of nitrogens with zero attached hydrogens (tertiary/aromatic N) is 3. The Labute approximate surface area is 142 Å². The van der Waals surface area contributed by atoms with E-state index in [1.54, 1.807) is 6.21 Å². The Balaban J connectivity index is 2.08. The molecule has 0 amide bonds. The molecule has 0 unspecified atom stereocenters. The van der Waals surface area contributed by atoms with Crippen molar-refractivity contribution in [3.63, 3.8) is 0 Å². The van der Waals surface area contributed by atoms with Crippen LogP contribution in [-0.2, 0) is 9.84 Å². The van der Waals surface area contributed by atoms with Crippen LogP contribution in [0.5, 0.6) is 0 Å². The van der Waals surface area contributed by atoms with E-state index < -0.39 is 9.84 Å². The number of hydrogen-bond donors (Lipinski definition) is 2. The van der Waals surface area contributed by atoms with Gasteiger partial charge < -0.3 is 5.32 Å². The minimum absolute atomic E-state index is 0.0823. The van der Waals surface area contributed by atoms with Gasteiger partial charge in [0.05, 0.1) is 29.5 Å². The van der Waals surface area contributed by atoms with E-state index in [-0.39, 0.29) is 17.5 Å². The summed E-state index contributed by atoms with van der Waals surface area (Å²) in [5.74, 6) is 0.396. The van der Waals surface area contributed by atoms with E-state index in [2.05, 4.69) is 27.9 Å². The molecule has 0 saturated carbocycles. The molecule has 7 nitrogen and oxygen atoms in total. The highest BCUT2D eigenvalue weighted by atomic mass is 32.2. The summed E-state index contributed by atoms with van der Waals surface area (Å²) in [4.78, 5) is 0. The molecule has 0 aromatic carbocycles. The molecular formula is C14H23N5O2S2. The van der Waals surface area contributed by atoms with Gasteiger partial charge >= 0.3 is 0 Å². The molecule has 128 valence electrons. The van der Waals surface area contributed by atoms with E-state index in [4.69, 9.17) is 12.2 Å². The first kappa shape index (κ1) is 17.9. The van der Waals surface area contributed by atoms with Gasteiger partial charge in [-0.05, 0) is 38.9 Å². The summed E-state index contributed by atoms with van der Waals surface area (Å²) in [7, 11) is -2.93. The van der Waals surface area contributed by atoms with E-state index in [0.29, 0.717) is 11.5 Å². The van der Waals surface area contributed by atoms with Crippen LogP contribution in [-0.4, -0.2) is 47.6 Å². The lowest BCUT2D eigenvalue weighted by molar-refractivity contribution is 0.486. The number of rotatable bonds is 5. The van der Waals surface area contributed by atoms with Crippen molar-refractivity contribution in [2.45, 2.75) is 39.7 Å². The van der Waals surface area contributed by atoms with Gasteiger partial charge in [-0.1, -0.05) is 6.92 Å². The maximum absolute atomic E-state index is 11.7. The van der Waals surface area contributed by atoms with Crippen LogP contribution in [0.15, 0.2) is 5.10 Å². The van der Waals surface area contributed by atoms with Gasteiger partial charge in [0, 0.05) is 17.8 Å². The molecule has 1 fully saturated rings. The van der Waals surface area contributed by atoms with Gasteiger partial charge in [-0.3, -0.25) is 10.1 Å². The average molecular weight is 358 g/mol. The number of aryl methyl sites for hydroxylation is 1. The topological polar surface area (TPSA) is 88.4 Å². The summed E-state index contributed by atoms with van der Waals surface area (Å²) in [6.45, 7) is 6.68. The zero-order valence-electron chi connectivity index (χ0n) is 13.7. The molecule has 0 bridgehead atoms. The second-order valence-corrected chi connectivity index (χ2v) is 8.35. The Bertz CT molecular complexity index is 709. The quantitative estimate of drug-likeness (QED) is 0.465. The molecule has 9 heteroatoms. The molecule has 1 saturated heterocycles. The predicted molar refractivity (Wildman–Crippen MR) is 95.6 cm³/mol. The third kappa shape index (κ3) is 4.51. The van der Waals surface area contributed by atoms with Gasteiger partial charge in [-0.15, -0.1) is 0 Å². The zero-order valence-corrected chi connectivity index (χ0v) is 15.3. The number of sulfone groups is 1. The monoisotopic (exact) mass is 357 g/mol. The van der Waals surface area contributed by atoms with Crippen LogP contribution < -0.4 is 10.7 Å². The molecule has 0 radical (unpaired) electrons. The van der Waals surface area contributed by atoms with E-state index in [9.17, 15) is 8.42 Å². The lowest BCUT2D eigenvalue weighted by atomic mass is 10.2. The lowest BCUT2D eigenvalue weighted by Crippen LogP contribution is -2.32. The number of aromatic nitrogens is 2. The fourth-order valence-electron chi connectivity index (χ4n) is 2.62. The van der Waals surface area contributed by atoms with Crippen LogP contribution in [0, 0.1) is 13.8 Å². The summed E-state index contributed by atoms with van der Waals surface area (Å²) in [6, 6.07) is -0.0823. The zero-order chi connectivity index (χ0) is 17.0. The Morgan fingerprint density at radius 1 is 1.52 bits per heavy atom. The van der Waals surface area contributed by atoms with Crippen LogP contribution in [0.25, 0.3) is 0 Å². The third-order valence-electron chi connectivity index (χ3n) is 3.83. The molecule has 1 aromatic heterocycles. The van der Waals surface area contributed by atoms with Crippen molar-refractivity contribution in [2.75, 3.05) is 18.1 Å². The minimum atomic E-state index is -2.93. The Kier molecular flexibility index (Phi) is 5.74. The number of thiocarbonyl (C=S) groups is 1. The first-order chi connectivity index (χ1) is 10.8. The summed E-state index contributed by atoms with van der Waals surface area (Å²) in [5.41, 5.74) is 5.40. The summed E-state index contributed by atoms with van der Waals surface area (Å²) < 4.78 is 25.1. The number of hydrazone groups is 1. The number of hydrogen-bond acceptors (Lipinski definition) is 5. The molecule has 2 heterocycles. The molecule has 1 atom stereocenters. The van der Waals surface area contributed by atoms with Crippen LogP contribution in [0.2, 0.25) is 0 Å². The van der Waals surface area contributed by atoms with Gasteiger partial charge in [0.1, 0.15) is 0 Å². The highest BCUT2D eigenvalue weighted by Crippen LogP contribution is 2.26. The van der Waals surface area contributed by atoms with Gasteiger partial charge in [0.2, 0.25) is 0 Å². The van der Waals surface area contributed by atoms with Crippen LogP contribution >= 0.6 is 12.2 Å². The molecule has 23 heavy (non-hydrogen) atoms. The maximum Gasteiger partial charge on any atom is 0.186 e. The third-order valence-corrected chi connectivity index (χ3v) is 5.82. The SMILES string of the molecule is CCCNC(=S)N/N=C\c1c(C)nn([C@@H]2CCS(=O)(=O)C2)c1C. The highest BCUT2D eigenvalue weighted by Gasteiger charge is 2.31. The predicted octanol–water partition coefficient (Wildman–Crippen LogP) is 1.07. The molecule has 2 N–H and O–H groups in total. The molecule has 0 aliphatic carbocycles. The summed E-state index contributed by atoms with van der Waals surface area (Å²) >= 11 is 5.09. The maximum atomic E-state index is 11.7. The second-order valence-electron chi connectivity index (χ2n) is 5.71. The van der Waals surface area contributed by atoms with Crippen molar-refractivity contribution in [1.82, 2.24) is 20.5 Å². The molecule has 1 aliphatic rings. The lowest BCUT2D eigenvalue weighted by Gasteiger charge is -2.10. The Morgan fingerprint density at radius 3 is 2.87 bits per heavy atom. The van der Waals surface area contributed by atoms with Crippen LogP contribution in [0.3, 0.4) is 0 Å².